The standard InChI is InChI=1S/C12H21N3O2/c1-17-12(16)4-7-15-10-8-14(9-11-15)6-3-2-5-13/h2-4,6-11H2,1H3. The zero-order valence-electron chi connectivity index (χ0n) is 10.5. The van der Waals surface area contributed by atoms with Gasteiger partial charge in [-0.15, -0.1) is 0 Å². The number of unbranched alkanes of at least 4 members (excludes halogenated alkanes) is 1. The lowest BCUT2D eigenvalue weighted by Crippen LogP contribution is -2.47. The summed E-state index contributed by atoms with van der Waals surface area (Å²) in [6.07, 6.45) is 2.08. The minimum atomic E-state index is -0.138. The van der Waals surface area contributed by atoms with E-state index in [1.807, 2.05) is 0 Å². The maximum atomic E-state index is 11.0. The Balaban J connectivity index is 2.09. The predicted octanol–water partition coefficient (Wildman–Crippen LogP) is 0.471. The van der Waals surface area contributed by atoms with E-state index < -0.39 is 0 Å². The Morgan fingerprint density at radius 1 is 1.24 bits per heavy atom. The summed E-state index contributed by atoms with van der Waals surface area (Å²) in [6, 6.07) is 2.17. The largest absolute Gasteiger partial charge is 0.469 e. The van der Waals surface area contributed by atoms with Crippen molar-refractivity contribution in [2.75, 3.05) is 46.4 Å². The maximum absolute atomic E-state index is 11.0. The SMILES string of the molecule is COC(=O)CCN1CCN(CCCC#N)CC1. The highest BCUT2D eigenvalue weighted by molar-refractivity contribution is 5.69. The summed E-state index contributed by atoms with van der Waals surface area (Å²) in [5.74, 6) is -0.138. The van der Waals surface area contributed by atoms with Crippen molar-refractivity contribution in [3.05, 3.63) is 0 Å². The monoisotopic (exact) mass is 239 g/mol. The molecule has 0 unspecified atom stereocenters. The fraction of sp³-hybridized carbons (Fsp3) is 0.833. The maximum Gasteiger partial charge on any atom is 0.306 e. The van der Waals surface area contributed by atoms with E-state index in [9.17, 15) is 4.79 Å². The van der Waals surface area contributed by atoms with E-state index >= 15 is 0 Å². The van der Waals surface area contributed by atoms with Crippen LogP contribution in [0.2, 0.25) is 0 Å². The van der Waals surface area contributed by atoms with Crippen LogP contribution in [0.5, 0.6) is 0 Å². The van der Waals surface area contributed by atoms with Crippen molar-refractivity contribution in [2.45, 2.75) is 19.3 Å². The molecule has 0 radical (unpaired) electrons. The van der Waals surface area contributed by atoms with Gasteiger partial charge in [0.15, 0.2) is 0 Å². The number of nitrogens with zero attached hydrogens (tertiary/aromatic N) is 3. The minimum absolute atomic E-state index is 0.138. The number of esters is 1. The predicted molar refractivity (Wildman–Crippen MR) is 64.4 cm³/mol. The van der Waals surface area contributed by atoms with E-state index in [0.29, 0.717) is 12.8 Å². The molecule has 0 aromatic rings. The minimum Gasteiger partial charge on any atom is -0.469 e. The number of methoxy groups -OCH3 is 1. The Labute approximate surface area is 103 Å². The number of hydrogen-bond acceptors (Lipinski definition) is 5. The van der Waals surface area contributed by atoms with Gasteiger partial charge in [-0.2, -0.15) is 5.26 Å². The van der Waals surface area contributed by atoms with Crippen LogP contribution in [0.4, 0.5) is 0 Å². The third-order valence-corrected chi connectivity index (χ3v) is 3.09. The summed E-state index contributed by atoms with van der Waals surface area (Å²) in [7, 11) is 1.43. The molecule has 5 heteroatoms. The zero-order chi connectivity index (χ0) is 12.5. The highest BCUT2D eigenvalue weighted by Gasteiger charge is 2.16. The van der Waals surface area contributed by atoms with Gasteiger partial charge in [0.1, 0.15) is 0 Å². The van der Waals surface area contributed by atoms with Crippen LogP contribution in [0.15, 0.2) is 0 Å². The Morgan fingerprint density at radius 2 is 1.82 bits per heavy atom. The number of ether oxygens (including phenoxy) is 1. The number of carbonyl (C=O) groups is 1. The molecule has 17 heavy (non-hydrogen) atoms. The number of nitriles is 1. The molecule has 0 saturated carbocycles. The average molecular weight is 239 g/mol. The molecular formula is C12H21N3O2. The summed E-state index contributed by atoms with van der Waals surface area (Å²) in [4.78, 5) is 15.7. The molecule has 0 bridgehead atoms. The van der Waals surface area contributed by atoms with Crippen LogP contribution >= 0.6 is 0 Å². The molecule has 0 aromatic carbocycles. The first-order valence-electron chi connectivity index (χ1n) is 6.14. The molecule has 1 heterocycles. The third kappa shape index (κ3) is 5.66. The lowest BCUT2D eigenvalue weighted by atomic mass is 10.2. The molecule has 0 aromatic heterocycles. The highest BCUT2D eigenvalue weighted by atomic mass is 16.5. The van der Waals surface area contributed by atoms with Crippen molar-refractivity contribution in [1.29, 1.82) is 5.26 Å². The van der Waals surface area contributed by atoms with E-state index in [-0.39, 0.29) is 5.97 Å². The van der Waals surface area contributed by atoms with Crippen LogP contribution in [-0.4, -0.2) is 62.1 Å². The molecule has 0 spiro atoms. The number of hydrogen-bond donors (Lipinski definition) is 0. The van der Waals surface area contributed by atoms with Crippen LogP contribution in [0.3, 0.4) is 0 Å². The number of carbonyl (C=O) groups excluding carboxylic acids is 1. The molecule has 0 aliphatic carbocycles. The van der Waals surface area contributed by atoms with E-state index in [1.54, 1.807) is 0 Å². The second-order valence-electron chi connectivity index (χ2n) is 4.27. The Hall–Kier alpha value is -1.12. The smallest absolute Gasteiger partial charge is 0.306 e. The second kappa shape index (κ2) is 8.04. The summed E-state index contributed by atoms with van der Waals surface area (Å²) in [6.45, 7) is 5.88. The molecule has 1 aliphatic heterocycles. The topological polar surface area (TPSA) is 56.6 Å². The van der Waals surface area contributed by atoms with Gasteiger partial charge in [0.25, 0.3) is 0 Å². The van der Waals surface area contributed by atoms with Crippen LogP contribution in [-0.2, 0) is 9.53 Å². The first-order chi connectivity index (χ1) is 8.26. The first kappa shape index (κ1) is 13.9. The lowest BCUT2D eigenvalue weighted by molar-refractivity contribution is -0.141. The molecule has 5 nitrogen and oxygen atoms in total. The van der Waals surface area contributed by atoms with Gasteiger partial charge >= 0.3 is 5.97 Å². The van der Waals surface area contributed by atoms with Gasteiger partial charge in [-0.1, -0.05) is 0 Å². The molecule has 1 saturated heterocycles. The zero-order valence-corrected chi connectivity index (χ0v) is 10.5. The first-order valence-corrected chi connectivity index (χ1v) is 6.14. The van der Waals surface area contributed by atoms with Gasteiger partial charge in [0, 0.05) is 39.1 Å². The molecule has 1 rings (SSSR count). The van der Waals surface area contributed by atoms with Crippen LogP contribution < -0.4 is 0 Å². The fourth-order valence-electron chi connectivity index (χ4n) is 1.97. The Bertz CT molecular complexity index is 267. The van der Waals surface area contributed by atoms with E-state index in [1.165, 1.54) is 7.11 Å². The second-order valence-corrected chi connectivity index (χ2v) is 4.27. The molecular weight excluding hydrogens is 218 g/mol. The van der Waals surface area contributed by atoms with Crippen molar-refractivity contribution in [3.8, 4) is 6.07 Å². The lowest BCUT2D eigenvalue weighted by Gasteiger charge is -2.34. The Kier molecular flexibility index (Phi) is 6.60. The van der Waals surface area contributed by atoms with Crippen molar-refractivity contribution in [2.24, 2.45) is 0 Å². The third-order valence-electron chi connectivity index (χ3n) is 3.09. The average Bonchev–Trinajstić information content (AvgIpc) is 2.37. The molecule has 1 fully saturated rings. The van der Waals surface area contributed by atoms with Crippen molar-refractivity contribution in [1.82, 2.24) is 9.80 Å². The van der Waals surface area contributed by atoms with Crippen LogP contribution in [0.1, 0.15) is 19.3 Å². The van der Waals surface area contributed by atoms with Gasteiger partial charge in [-0.3, -0.25) is 4.79 Å². The van der Waals surface area contributed by atoms with E-state index in [0.717, 1.165) is 45.7 Å². The highest BCUT2D eigenvalue weighted by Crippen LogP contribution is 2.04. The molecule has 0 atom stereocenters. The van der Waals surface area contributed by atoms with Crippen LogP contribution in [0, 0.1) is 11.3 Å². The summed E-state index contributed by atoms with van der Waals surface area (Å²) >= 11 is 0. The van der Waals surface area contributed by atoms with Gasteiger partial charge in [-0.05, 0) is 13.0 Å². The summed E-state index contributed by atoms with van der Waals surface area (Å²) in [5, 5.41) is 8.46. The summed E-state index contributed by atoms with van der Waals surface area (Å²) in [5.41, 5.74) is 0. The van der Waals surface area contributed by atoms with Crippen molar-refractivity contribution < 1.29 is 9.53 Å². The van der Waals surface area contributed by atoms with Gasteiger partial charge in [-0.25, -0.2) is 0 Å². The molecule has 0 amide bonds. The number of rotatable bonds is 6. The summed E-state index contributed by atoms with van der Waals surface area (Å²) < 4.78 is 4.62. The van der Waals surface area contributed by atoms with Gasteiger partial charge < -0.3 is 14.5 Å². The Morgan fingerprint density at radius 3 is 2.35 bits per heavy atom. The van der Waals surface area contributed by atoms with Gasteiger partial charge in [0.2, 0.25) is 0 Å². The van der Waals surface area contributed by atoms with Crippen molar-refractivity contribution in [3.63, 3.8) is 0 Å². The molecule has 96 valence electrons. The van der Waals surface area contributed by atoms with E-state index in [2.05, 4.69) is 20.6 Å². The molecule has 1 aliphatic rings. The van der Waals surface area contributed by atoms with Crippen LogP contribution in [0.25, 0.3) is 0 Å². The van der Waals surface area contributed by atoms with Crippen molar-refractivity contribution >= 4 is 5.97 Å². The normalized spacial score (nSPS) is 17.6. The fourth-order valence-corrected chi connectivity index (χ4v) is 1.97. The quantitative estimate of drug-likeness (QED) is 0.498. The molecule has 0 N–H and O–H groups in total. The van der Waals surface area contributed by atoms with Gasteiger partial charge in [0.05, 0.1) is 19.6 Å². The van der Waals surface area contributed by atoms with E-state index in [4.69, 9.17) is 5.26 Å². The number of piperazine rings is 1.